The van der Waals surface area contributed by atoms with E-state index in [0.717, 1.165) is 5.56 Å². The molecule has 0 radical (unpaired) electrons. The SMILES string of the molecule is COc1cc(C(C)=O)ccc1OCC(=O)O[C@H](C)C(=O)c1ccc(C(C)(C)C)cc1. The van der Waals surface area contributed by atoms with Crippen LogP contribution in [-0.2, 0) is 14.9 Å². The van der Waals surface area contributed by atoms with E-state index in [-0.39, 0.29) is 17.0 Å². The van der Waals surface area contributed by atoms with Gasteiger partial charge in [0.15, 0.2) is 30.0 Å². The number of hydrogen-bond acceptors (Lipinski definition) is 6. The summed E-state index contributed by atoms with van der Waals surface area (Å²) < 4.78 is 15.9. The number of rotatable bonds is 8. The zero-order chi connectivity index (χ0) is 22.5. The van der Waals surface area contributed by atoms with Gasteiger partial charge in [0.1, 0.15) is 0 Å². The molecule has 0 aliphatic rings. The molecule has 0 unspecified atom stereocenters. The zero-order valence-electron chi connectivity index (χ0n) is 18.3. The molecular formula is C24H28O6. The van der Waals surface area contributed by atoms with Gasteiger partial charge in [-0.1, -0.05) is 45.0 Å². The molecule has 160 valence electrons. The van der Waals surface area contributed by atoms with Crippen LogP contribution >= 0.6 is 0 Å². The molecule has 1 atom stereocenters. The second kappa shape index (κ2) is 9.57. The number of hydrogen-bond donors (Lipinski definition) is 0. The van der Waals surface area contributed by atoms with Crippen molar-refractivity contribution in [3.8, 4) is 11.5 Å². The van der Waals surface area contributed by atoms with Gasteiger partial charge >= 0.3 is 5.97 Å². The second-order valence-corrected chi connectivity index (χ2v) is 8.03. The monoisotopic (exact) mass is 412 g/mol. The van der Waals surface area contributed by atoms with Crippen LogP contribution in [-0.4, -0.2) is 37.4 Å². The first kappa shape index (κ1) is 23.1. The molecule has 0 N–H and O–H groups in total. The van der Waals surface area contributed by atoms with Gasteiger partial charge in [0.25, 0.3) is 0 Å². The number of esters is 1. The van der Waals surface area contributed by atoms with Gasteiger partial charge < -0.3 is 14.2 Å². The van der Waals surface area contributed by atoms with E-state index in [1.165, 1.54) is 27.0 Å². The molecule has 6 heteroatoms. The van der Waals surface area contributed by atoms with E-state index in [4.69, 9.17) is 14.2 Å². The third kappa shape index (κ3) is 5.92. The summed E-state index contributed by atoms with van der Waals surface area (Å²) in [6, 6.07) is 12.0. The van der Waals surface area contributed by atoms with Crippen molar-refractivity contribution < 1.29 is 28.6 Å². The van der Waals surface area contributed by atoms with Crippen LogP contribution in [0.2, 0.25) is 0 Å². The Balaban J connectivity index is 1.96. The quantitative estimate of drug-likeness (QED) is 0.473. The van der Waals surface area contributed by atoms with Crippen molar-refractivity contribution in [1.82, 2.24) is 0 Å². The molecule has 2 aromatic carbocycles. The predicted octanol–water partition coefficient (Wildman–Crippen LogP) is 4.39. The van der Waals surface area contributed by atoms with E-state index in [9.17, 15) is 14.4 Å². The maximum Gasteiger partial charge on any atom is 0.344 e. The largest absolute Gasteiger partial charge is 0.493 e. The van der Waals surface area contributed by atoms with Crippen molar-refractivity contribution >= 4 is 17.5 Å². The van der Waals surface area contributed by atoms with E-state index in [1.54, 1.807) is 24.3 Å². The van der Waals surface area contributed by atoms with Crippen molar-refractivity contribution in [1.29, 1.82) is 0 Å². The molecule has 0 aliphatic heterocycles. The lowest BCUT2D eigenvalue weighted by Gasteiger charge is -2.19. The summed E-state index contributed by atoms with van der Waals surface area (Å²) in [5.74, 6) is -0.441. The van der Waals surface area contributed by atoms with E-state index in [2.05, 4.69) is 20.8 Å². The van der Waals surface area contributed by atoms with Gasteiger partial charge in [0.05, 0.1) is 7.11 Å². The van der Waals surface area contributed by atoms with Crippen LogP contribution in [0.15, 0.2) is 42.5 Å². The van der Waals surface area contributed by atoms with E-state index < -0.39 is 18.7 Å². The number of methoxy groups -OCH3 is 1. The molecule has 0 aliphatic carbocycles. The molecule has 0 saturated carbocycles. The van der Waals surface area contributed by atoms with Crippen molar-refractivity contribution in [3.63, 3.8) is 0 Å². The Hall–Kier alpha value is -3.15. The maximum absolute atomic E-state index is 12.5. The Morgan fingerprint density at radius 1 is 0.933 bits per heavy atom. The van der Waals surface area contributed by atoms with Gasteiger partial charge in [-0.2, -0.15) is 0 Å². The van der Waals surface area contributed by atoms with E-state index >= 15 is 0 Å². The van der Waals surface area contributed by atoms with Crippen LogP contribution in [0.25, 0.3) is 0 Å². The number of ether oxygens (including phenoxy) is 3. The Kier molecular flexibility index (Phi) is 7.38. The topological polar surface area (TPSA) is 78.9 Å². The average Bonchev–Trinajstić information content (AvgIpc) is 2.70. The summed E-state index contributed by atoms with van der Waals surface area (Å²) in [6.45, 7) is 8.86. The summed E-state index contributed by atoms with van der Waals surface area (Å²) >= 11 is 0. The minimum atomic E-state index is -0.941. The van der Waals surface area contributed by atoms with Crippen molar-refractivity contribution in [2.45, 2.75) is 46.1 Å². The first-order valence-corrected chi connectivity index (χ1v) is 9.69. The second-order valence-electron chi connectivity index (χ2n) is 8.03. The predicted molar refractivity (Wildman–Crippen MR) is 114 cm³/mol. The lowest BCUT2D eigenvalue weighted by atomic mass is 9.86. The number of ketones is 2. The first-order chi connectivity index (χ1) is 14.0. The van der Waals surface area contributed by atoms with Crippen LogP contribution in [0.4, 0.5) is 0 Å². The molecule has 2 aromatic rings. The maximum atomic E-state index is 12.5. The Bertz CT molecular complexity index is 922. The van der Waals surface area contributed by atoms with Crippen LogP contribution in [0.1, 0.15) is 60.9 Å². The lowest BCUT2D eigenvalue weighted by Crippen LogP contribution is -2.27. The smallest absolute Gasteiger partial charge is 0.344 e. The number of benzene rings is 2. The van der Waals surface area contributed by atoms with Crippen LogP contribution in [0.3, 0.4) is 0 Å². The highest BCUT2D eigenvalue weighted by atomic mass is 16.6. The molecule has 0 heterocycles. The molecular weight excluding hydrogens is 384 g/mol. The third-order valence-electron chi connectivity index (χ3n) is 4.63. The molecule has 2 rings (SSSR count). The summed E-state index contributed by atoms with van der Waals surface area (Å²) in [7, 11) is 1.44. The third-order valence-corrected chi connectivity index (χ3v) is 4.63. The highest BCUT2D eigenvalue weighted by molar-refractivity contribution is 6.00. The fourth-order valence-corrected chi connectivity index (χ4v) is 2.80. The van der Waals surface area contributed by atoms with Crippen LogP contribution < -0.4 is 9.47 Å². The van der Waals surface area contributed by atoms with Gasteiger partial charge in [-0.3, -0.25) is 9.59 Å². The lowest BCUT2D eigenvalue weighted by molar-refractivity contribution is -0.148. The minimum Gasteiger partial charge on any atom is -0.493 e. The first-order valence-electron chi connectivity index (χ1n) is 9.69. The summed E-state index contributed by atoms with van der Waals surface area (Å²) in [6.07, 6.45) is -0.941. The Morgan fingerprint density at radius 3 is 2.07 bits per heavy atom. The van der Waals surface area contributed by atoms with E-state index in [0.29, 0.717) is 22.6 Å². The Morgan fingerprint density at radius 2 is 1.53 bits per heavy atom. The summed E-state index contributed by atoms with van der Waals surface area (Å²) in [5, 5.41) is 0. The summed E-state index contributed by atoms with van der Waals surface area (Å²) in [4.78, 5) is 36.1. The van der Waals surface area contributed by atoms with Crippen LogP contribution in [0.5, 0.6) is 11.5 Å². The number of Topliss-reactive ketones (excluding diaryl/α,β-unsaturated/α-hetero) is 2. The fraction of sp³-hybridized carbons (Fsp3) is 0.375. The van der Waals surface area contributed by atoms with Gasteiger partial charge in [-0.15, -0.1) is 0 Å². The fourth-order valence-electron chi connectivity index (χ4n) is 2.80. The molecule has 0 amide bonds. The molecule has 6 nitrogen and oxygen atoms in total. The molecule has 0 aromatic heterocycles. The van der Waals surface area contributed by atoms with E-state index in [1.807, 2.05) is 12.1 Å². The van der Waals surface area contributed by atoms with Crippen molar-refractivity contribution in [2.75, 3.05) is 13.7 Å². The number of carbonyl (C=O) groups excluding carboxylic acids is 3. The van der Waals surface area contributed by atoms with Gasteiger partial charge in [-0.05, 0) is 43.0 Å². The number of carbonyl (C=O) groups is 3. The Labute approximate surface area is 177 Å². The van der Waals surface area contributed by atoms with Gasteiger partial charge in [-0.25, -0.2) is 4.79 Å². The van der Waals surface area contributed by atoms with Crippen LogP contribution in [0, 0.1) is 0 Å². The molecule has 30 heavy (non-hydrogen) atoms. The average molecular weight is 412 g/mol. The summed E-state index contributed by atoms with van der Waals surface area (Å²) in [5.41, 5.74) is 2.05. The molecule has 0 bridgehead atoms. The normalized spacial score (nSPS) is 12.1. The minimum absolute atomic E-state index is 0.0132. The molecule has 0 saturated heterocycles. The zero-order valence-corrected chi connectivity index (χ0v) is 18.3. The highest BCUT2D eigenvalue weighted by Gasteiger charge is 2.21. The van der Waals surface area contributed by atoms with Crippen molar-refractivity contribution in [3.05, 3.63) is 59.2 Å². The molecule has 0 fully saturated rings. The van der Waals surface area contributed by atoms with Gasteiger partial charge in [0, 0.05) is 11.1 Å². The highest BCUT2D eigenvalue weighted by Crippen LogP contribution is 2.28. The molecule has 0 spiro atoms. The van der Waals surface area contributed by atoms with Gasteiger partial charge in [0.2, 0.25) is 5.78 Å². The standard InChI is InChI=1S/C24H28O6/c1-15(25)18-9-12-20(21(13-18)28-6)29-14-22(26)30-16(2)23(27)17-7-10-19(11-8-17)24(3,4)5/h7-13,16H,14H2,1-6H3/t16-/m1/s1. The van der Waals surface area contributed by atoms with Crippen molar-refractivity contribution in [2.24, 2.45) is 0 Å².